The molecule has 0 atom stereocenters. The standard InChI is InChI=1S/C12H8BrN3/c13-10-4-1-3-9(7-10)11-8-14-12-5-2-6-15-16(11)12/h1-8H. The van der Waals surface area contributed by atoms with Gasteiger partial charge in [-0.25, -0.2) is 9.50 Å². The van der Waals surface area contributed by atoms with Gasteiger partial charge in [0.05, 0.1) is 11.9 Å². The van der Waals surface area contributed by atoms with Crippen molar-refractivity contribution in [1.82, 2.24) is 14.6 Å². The minimum atomic E-state index is 0.859. The summed E-state index contributed by atoms with van der Waals surface area (Å²) in [5.74, 6) is 0. The van der Waals surface area contributed by atoms with E-state index in [-0.39, 0.29) is 0 Å². The molecule has 0 aliphatic heterocycles. The van der Waals surface area contributed by atoms with Gasteiger partial charge in [-0.2, -0.15) is 5.10 Å². The van der Waals surface area contributed by atoms with E-state index in [1.54, 1.807) is 6.20 Å². The molecule has 0 spiro atoms. The molecule has 0 amide bonds. The van der Waals surface area contributed by atoms with Crippen molar-refractivity contribution in [1.29, 1.82) is 0 Å². The number of hydrogen-bond acceptors (Lipinski definition) is 2. The average Bonchev–Trinajstić information content (AvgIpc) is 2.72. The number of aromatic nitrogens is 3. The van der Waals surface area contributed by atoms with E-state index in [2.05, 4.69) is 32.1 Å². The Kier molecular flexibility index (Phi) is 2.22. The predicted molar refractivity (Wildman–Crippen MR) is 66.1 cm³/mol. The second-order valence-corrected chi connectivity index (χ2v) is 4.36. The Balaban J connectivity index is 2.26. The molecule has 2 aromatic heterocycles. The van der Waals surface area contributed by atoms with Crippen molar-refractivity contribution in [2.75, 3.05) is 0 Å². The second-order valence-electron chi connectivity index (χ2n) is 3.45. The summed E-state index contributed by atoms with van der Waals surface area (Å²) >= 11 is 3.46. The Labute approximate surface area is 101 Å². The van der Waals surface area contributed by atoms with Gasteiger partial charge in [-0.1, -0.05) is 28.1 Å². The van der Waals surface area contributed by atoms with Crippen LogP contribution in [0.15, 0.2) is 53.3 Å². The summed E-state index contributed by atoms with van der Waals surface area (Å²) in [5, 5.41) is 4.29. The number of benzene rings is 1. The Morgan fingerprint density at radius 2 is 2.06 bits per heavy atom. The van der Waals surface area contributed by atoms with Gasteiger partial charge in [0.15, 0.2) is 5.65 Å². The van der Waals surface area contributed by atoms with E-state index in [4.69, 9.17) is 0 Å². The van der Waals surface area contributed by atoms with E-state index in [0.29, 0.717) is 0 Å². The lowest BCUT2D eigenvalue weighted by Gasteiger charge is -2.00. The summed E-state index contributed by atoms with van der Waals surface area (Å²) in [7, 11) is 0. The number of halogens is 1. The molecule has 2 heterocycles. The third kappa shape index (κ3) is 1.51. The average molecular weight is 274 g/mol. The molecule has 3 aromatic rings. The molecule has 3 nitrogen and oxygen atoms in total. The SMILES string of the molecule is Brc1cccc(-c2cnc3cccnn23)c1. The maximum Gasteiger partial charge on any atom is 0.154 e. The molecular formula is C12H8BrN3. The zero-order valence-electron chi connectivity index (χ0n) is 8.34. The third-order valence-electron chi connectivity index (χ3n) is 2.40. The van der Waals surface area contributed by atoms with Gasteiger partial charge in [-0.15, -0.1) is 0 Å². The van der Waals surface area contributed by atoms with E-state index in [1.807, 2.05) is 41.0 Å². The molecule has 0 aliphatic rings. The third-order valence-corrected chi connectivity index (χ3v) is 2.89. The van der Waals surface area contributed by atoms with Crippen LogP contribution in [0.1, 0.15) is 0 Å². The van der Waals surface area contributed by atoms with Crippen LogP contribution < -0.4 is 0 Å². The van der Waals surface area contributed by atoms with Gasteiger partial charge >= 0.3 is 0 Å². The van der Waals surface area contributed by atoms with Gasteiger partial charge in [-0.3, -0.25) is 0 Å². The molecule has 0 saturated heterocycles. The van der Waals surface area contributed by atoms with E-state index in [9.17, 15) is 0 Å². The minimum Gasteiger partial charge on any atom is -0.235 e. The number of imidazole rings is 1. The molecular weight excluding hydrogens is 266 g/mol. The van der Waals surface area contributed by atoms with E-state index in [1.165, 1.54) is 0 Å². The Morgan fingerprint density at radius 3 is 2.94 bits per heavy atom. The first-order valence-corrected chi connectivity index (χ1v) is 5.68. The zero-order valence-corrected chi connectivity index (χ0v) is 9.92. The van der Waals surface area contributed by atoms with Crippen molar-refractivity contribution in [3.05, 3.63) is 53.3 Å². The van der Waals surface area contributed by atoms with Crippen LogP contribution in [0.3, 0.4) is 0 Å². The van der Waals surface area contributed by atoms with Gasteiger partial charge < -0.3 is 0 Å². The maximum absolute atomic E-state index is 4.31. The Bertz CT molecular complexity index is 645. The number of rotatable bonds is 1. The first-order valence-electron chi connectivity index (χ1n) is 4.89. The Morgan fingerprint density at radius 1 is 1.12 bits per heavy atom. The summed E-state index contributed by atoms with van der Waals surface area (Å²) in [6.07, 6.45) is 3.60. The van der Waals surface area contributed by atoms with Gasteiger partial charge in [-0.05, 0) is 24.3 Å². The van der Waals surface area contributed by atoms with E-state index < -0.39 is 0 Å². The fourth-order valence-corrected chi connectivity index (χ4v) is 2.07. The molecule has 0 unspecified atom stereocenters. The summed E-state index contributed by atoms with van der Waals surface area (Å²) in [4.78, 5) is 4.31. The lowest BCUT2D eigenvalue weighted by atomic mass is 10.2. The van der Waals surface area contributed by atoms with Crippen molar-refractivity contribution < 1.29 is 0 Å². The number of nitrogens with zero attached hydrogens (tertiary/aromatic N) is 3. The second kappa shape index (κ2) is 3.72. The van der Waals surface area contributed by atoms with E-state index in [0.717, 1.165) is 21.4 Å². The monoisotopic (exact) mass is 273 g/mol. The topological polar surface area (TPSA) is 30.2 Å². The molecule has 1 aromatic carbocycles. The van der Waals surface area contributed by atoms with Crippen molar-refractivity contribution in [2.24, 2.45) is 0 Å². The molecule has 0 bridgehead atoms. The summed E-state index contributed by atoms with van der Waals surface area (Å²) in [5.41, 5.74) is 2.95. The van der Waals surface area contributed by atoms with Crippen LogP contribution in [0.5, 0.6) is 0 Å². The first-order chi connectivity index (χ1) is 7.84. The minimum absolute atomic E-state index is 0.859. The van der Waals surface area contributed by atoms with Crippen LogP contribution in [0.2, 0.25) is 0 Å². The number of hydrogen-bond donors (Lipinski definition) is 0. The van der Waals surface area contributed by atoms with Crippen LogP contribution in [0.4, 0.5) is 0 Å². The zero-order chi connectivity index (χ0) is 11.0. The quantitative estimate of drug-likeness (QED) is 0.682. The van der Waals surface area contributed by atoms with Gasteiger partial charge in [0, 0.05) is 16.2 Å². The first kappa shape index (κ1) is 9.54. The fourth-order valence-electron chi connectivity index (χ4n) is 1.67. The molecule has 0 aliphatic carbocycles. The molecule has 3 rings (SSSR count). The maximum atomic E-state index is 4.31. The molecule has 4 heteroatoms. The van der Waals surface area contributed by atoms with Crippen LogP contribution >= 0.6 is 15.9 Å². The summed E-state index contributed by atoms with van der Waals surface area (Å²) in [6.45, 7) is 0. The van der Waals surface area contributed by atoms with Crippen molar-refractivity contribution in [3.8, 4) is 11.3 Å². The lowest BCUT2D eigenvalue weighted by molar-refractivity contribution is 0.942. The molecule has 0 radical (unpaired) electrons. The van der Waals surface area contributed by atoms with Gasteiger partial charge in [0.1, 0.15) is 0 Å². The van der Waals surface area contributed by atoms with Gasteiger partial charge in [0.25, 0.3) is 0 Å². The smallest absolute Gasteiger partial charge is 0.154 e. The number of fused-ring (bicyclic) bond motifs is 1. The van der Waals surface area contributed by atoms with Gasteiger partial charge in [0.2, 0.25) is 0 Å². The molecule has 78 valence electrons. The van der Waals surface area contributed by atoms with E-state index >= 15 is 0 Å². The normalized spacial score (nSPS) is 10.8. The highest BCUT2D eigenvalue weighted by Crippen LogP contribution is 2.22. The Hall–Kier alpha value is -1.68. The largest absolute Gasteiger partial charge is 0.235 e. The van der Waals surface area contributed by atoms with Crippen LogP contribution in [0, 0.1) is 0 Å². The molecule has 0 N–H and O–H groups in total. The highest BCUT2D eigenvalue weighted by Gasteiger charge is 2.05. The summed E-state index contributed by atoms with van der Waals surface area (Å²) in [6, 6.07) is 11.9. The lowest BCUT2D eigenvalue weighted by Crippen LogP contribution is -1.92. The van der Waals surface area contributed by atoms with Crippen LogP contribution in [0.25, 0.3) is 16.9 Å². The fraction of sp³-hybridized carbons (Fsp3) is 0. The van der Waals surface area contributed by atoms with Crippen LogP contribution in [-0.4, -0.2) is 14.6 Å². The molecule has 0 fully saturated rings. The van der Waals surface area contributed by atoms with Crippen molar-refractivity contribution in [2.45, 2.75) is 0 Å². The highest BCUT2D eigenvalue weighted by atomic mass is 79.9. The predicted octanol–water partition coefficient (Wildman–Crippen LogP) is 3.16. The van der Waals surface area contributed by atoms with Crippen molar-refractivity contribution >= 4 is 21.6 Å². The van der Waals surface area contributed by atoms with Crippen LogP contribution in [-0.2, 0) is 0 Å². The molecule has 16 heavy (non-hydrogen) atoms. The molecule has 0 saturated carbocycles. The van der Waals surface area contributed by atoms with Crippen molar-refractivity contribution in [3.63, 3.8) is 0 Å². The summed E-state index contributed by atoms with van der Waals surface area (Å²) < 4.78 is 2.89. The highest BCUT2D eigenvalue weighted by molar-refractivity contribution is 9.10.